The summed E-state index contributed by atoms with van der Waals surface area (Å²) < 4.78 is 36.8. The molecule has 0 bridgehead atoms. The molecule has 4 nitrogen and oxygen atoms in total. The van der Waals surface area contributed by atoms with Crippen molar-refractivity contribution in [1.29, 1.82) is 0 Å². The van der Waals surface area contributed by atoms with Crippen molar-refractivity contribution in [1.82, 2.24) is 0 Å². The molecule has 0 radical (unpaired) electrons. The number of nitro benzene ring substituents is 1. The van der Waals surface area contributed by atoms with Gasteiger partial charge >= 0.3 is 6.18 Å². The normalized spacial score (nSPS) is 11.2. The third-order valence-corrected chi connectivity index (χ3v) is 1.91. The number of halogens is 3. The number of hydrogen-bond donors (Lipinski definition) is 0. The summed E-state index contributed by atoms with van der Waals surface area (Å²) in [6.07, 6.45) is -4.52. The molecule has 0 heterocycles. The van der Waals surface area contributed by atoms with Gasteiger partial charge in [0, 0.05) is 18.1 Å². The molecule has 16 heavy (non-hydrogen) atoms. The summed E-state index contributed by atoms with van der Waals surface area (Å²) in [6, 6.07) is 2.08. The Kier molecular flexibility index (Phi) is 3.26. The van der Waals surface area contributed by atoms with E-state index in [0.29, 0.717) is 18.4 Å². The summed E-state index contributed by atoms with van der Waals surface area (Å²) in [7, 11) is 0. The molecule has 0 saturated carbocycles. The Balaban J connectivity index is 3.28. The predicted octanol–water partition coefficient (Wildman–Crippen LogP) is 2.36. The molecule has 1 aromatic carbocycles. The molecule has 0 amide bonds. The number of rotatable bonds is 3. The summed E-state index contributed by atoms with van der Waals surface area (Å²) >= 11 is 0. The van der Waals surface area contributed by atoms with Crippen LogP contribution in [-0.2, 0) is 17.4 Å². The number of nitro groups is 1. The van der Waals surface area contributed by atoms with Gasteiger partial charge in [-0.05, 0) is 6.07 Å². The van der Waals surface area contributed by atoms with Crippen LogP contribution in [0.2, 0.25) is 0 Å². The number of carbonyl (C=O) groups excluding carboxylic acids is 1. The molecular weight excluding hydrogens is 227 g/mol. The van der Waals surface area contributed by atoms with E-state index in [9.17, 15) is 28.1 Å². The van der Waals surface area contributed by atoms with Gasteiger partial charge in [0.05, 0.1) is 10.5 Å². The fourth-order valence-electron chi connectivity index (χ4n) is 1.17. The Bertz CT molecular complexity index is 428. The molecule has 0 aliphatic heterocycles. The van der Waals surface area contributed by atoms with Gasteiger partial charge in [-0.3, -0.25) is 10.1 Å². The second-order valence-electron chi connectivity index (χ2n) is 2.97. The summed E-state index contributed by atoms with van der Waals surface area (Å²) in [6.45, 7) is 0. The van der Waals surface area contributed by atoms with Gasteiger partial charge < -0.3 is 4.79 Å². The van der Waals surface area contributed by atoms with Crippen LogP contribution in [0.15, 0.2) is 18.2 Å². The van der Waals surface area contributed by atoms with Crippen LogP contribution in [0.1, 0.15) is 11.1 Å². The van der Waals surface area contributed by atoms with Crippen LogP contribution in [0.3, 0.4) is 0 Å². The van der Waals surface area contributed by atoms with Crippen molar-refractivity contribution in [2.24, 2.45) is 0 Å². The number of alkyl halides is 3. The number of aldehydes is 1. The molecule has 0 aliphatic carbocycles. The zero-order chi connectivity index (χ0) is 12.3. The lowest BCUT2D eigenvalue weighted by molar-refractivity contribution is -0.385. The molecular formula is C9H6F3NO3. The molecule has 1 rings (SSSR count). The predicted molar refractivity (Wildman–Crippen MR) is 47.9 cm³/mol. The van der Waals surface area contributed by atoms with Crippen LogP contribution in [0, 0.1) is 10.1 Å². The van der Waals surface area contributed by atoms with Crippen LogP contribution in [-0.4, -0.2) is 11.2 Å². The lowest BCUT2D eigenvalue weighted by Gasteiger charge is -2.07. The van der Waals surface area contributed by atoms with E-state index in [2.05, 4.69) is 0 Å². The Labute approximate surface area is 87.8 Å². The minimum atomic E-state index is -4.63. The third-order valence-electron chi connectivity index (χ3n) is 1.91. The zero-order valence-electron chi connectivity index (χ0n) is 7.82. The topological polar surface area (TPSA) is 60.2 Å². The van der Waals surface area contributed by atoms with Crippen molar-refractivity contribution >= 4 is 12.0 Å². The maximum Gasteiger partial charge on any atom is 0.416 e. The first-order valence-electron chi connectivity index (χ1n) is 4.14. The molecule has 1 aromatic rings. The highest BCUT2D eigenvalue weighted by molar-refractivity contribution is 5.59. The van der Waals surface area contributed by atoms with Crippen LogP contribution >= 0.6 is 0 Å². The van der Waals surface area contributed by atoms with Crippen molar-refractivity contribution in [2.75, 3.05) is 0 Å². The average Bonchev–Trinajstić information content (AvgIpc) is 2.16. The van der Waals surface area contributed by atoms with Crippen molar-refractivity contribution in [2.45, 2.75) is 12.6 Å². The van der Waals surface area contributed by atoms with Crippen LogP contribution in [0.4, 0.5) is 18.9 Å². The molecule has 0 N–H and O–H groups in total. The van der Waals surface area contributed by atoms with E-state index < -0.39 is 22.4 Å². The largest absolute Gasteiger partial charge is 0.416 e. The Morgan fingerprint density at radius 2 is 2.00 bits per heavy atom. The van der Waals surface area contributed by atoms with E-state index >= 15 is 0 Å². The highest BCUT2D eigenvalue weighted by Crippen LogP contribution is 2.32. The highest BCUT2D eigenvalue weighted by atomic mass is 19.4. The number of nitrogens with zero attached hydrogens (tertiary/aromatic N) is 1. The lowest BCUT2D eigenvalue weighted by atomic mass is 10.1. The second-order valence-corrected chi connectivity index (χ2v) is 2.97. The molecule has 0 aliphatic rings. The van der Waals surface area contributed by atoms with Crippen molar-refractivity contribution in [3.8, 4) is 0 Å². The van der Waals surface area contributed by atoms with Gasteiger partial charge in [0.15, 0.2) is 0 Å². The quantitative estimate of drug-likeness (QED) is 0.457. The number of carbonyl (C=O) groups is 1. The van der Waals surface area contributed by atoms with E-state index in [4.69, 9.17) is 0 Å². The van der Waals surface area contributed by atoms with E-state index in [-0.39, 0.29) is 12.0 Å². The van der Waals surface area contributed by atoms with Crippen molar-refractivity contribution in [3.05, 3.63) is 39.4 Å². The monoisotopic (exact) mass is 233 g/mol. The van der Waals surface area contributed by atoms with Crippen molar-refractivity contribution < 1.29 is 22.9 Å². The van der Waals surface area contributed by atoms with E-state index in [0.717, 1.165) is 6.07 Å². The average molecular weight is 233 g/mol. The van der Waals surface area contributed by atoms with Gasteiger partial charge in [0.1, 0.15) is 6.29 Å². The Hall–Kier alpha value is -1.92. The molecule has 0 fully saturated rings. The lowest BCUT2D eigenvalue weighted by Crippen LogP contribution is -2.07. The first kappa shape index (κ1) is 12.2. The summed E-state index contributed by atoms with van der Waals surface area (Å²) in [4.78, 5) is 19.7. The maximum atomic E-state index is 12.3. The van der Waals surface area contributed by atoms with E-state index in [1.54, 1.807) is 0 Å². The second kappa shape index (κ2) is 4.30. The van der Waals surface area contributed by atoms with Crippen molar-refractivity contribution in [3.63, 3.8) is 0 Å². The number of benzene rings is 1. The van der Waals surface area contributed by atoms with Gasteiger partial charge in [-0.25, -0.2) is 0 Å². The standard InChI is InChI=1S/C9H6F3NO3/c10-9(11,12)7-2-1-6(3-4-14)8(5-7)13(15)16/h1-2,4-5H,3H2. The molecule has 0 spiro atoms. The van der Waals surface area contributed by atoms with E-state index in [1.165, 1.54) is 0 Å². The Morgan fingerprint density at radius 1 is 1.38 bits per heavy atom. The van der Waals surface area contributed by atoms with E-state index in [1.807, 2.05) is 0 Å². The first-order valence-corrected chi connectivity index (χ1v) is 4.14. The minimum Gasteiger partial charge on any atom is -0.303 e. The first-order chi connectivity index (χ1) is 7.36. The van der Waals surface area contributed by atoms with Crippen LogP contribution in [0.25, 0.3) is 0 Å². The van der Waals surface area contributed by atoms with Gasteiger partial charge in [-0.15, -0.1) is 0 Å². The highest BCUT2D eigenvalue weighted by Gasteiger charge is 2.32. The fraction of sp³-hybridized carbons (Fsp3) is 0.222. The number of hydrogen-bond acceptors (Lipinski definition) is 3. The molecule has 7 heteroatoms. The van der Waals surface area contributed by atoms with Crippen LogP contribution in [0.5, 0.6) is 0 Å². The molecule has 0 saturated heterocycles. The third kappa shape index (κ3) is 2.56. The van der Waals surface area contributed by atoms with Gasteiger partial charge in [-0.1, -0.05) is 6.07 Å². The molecule has 86 valence electrons. The van der Waals surface area contributed by atoms with Gasteiger partial charge in [-0.2, -0.15) is 13.2 Å². The van der Waals surface area contributed by atoms with Gasteiger partial charge in [0.25, 0.3) is 5.69 Å². The van der Waals surface area contributed by atoms with Crippen LogP contribution < -0.4 is 0 Å². The van der Waals surface area contributed by atoms with Gasteiger partial charge in [0.2, 0.25) is 0 Å². The maximum absolute atomic E-state index is 12.3. The zero-order valence-corrected chi connectivity index (χ0v) is 7.82. The smallest absolute Gasteiger partial charge is 0.303 e. The summed E-state index contributed by atoms with van der Waals surface area (Å²) in [5, 5.41) is 10.5. The minimum absolute atomic E-state index is 0.0343. The molecule has 0 atom stereocenters. The Morgan fingerprint density at radius 3 is 2.44 bits per heavy atom. The molecule has 0 unspecified atom stereocenters. The summed E-state index contributed by atoms with van der Waals surface area (Å²) in [5.41, 5.74) is -1.83. The summed E-state index contributed by atoms with van der Waals surface area (Å²) in [5.74, 6) is 0. The fourth-order valence-corrected chi connectivity index (χ4v) is 1.17. The molecule has 0 aromatic heterocycles. The SMILES string of the molecule is O=CCc1ccc(C(F)(F)F)cc1[N+](=O)[O-].